The van der Waals surface area contributed by atoms with Gasteiger partial charge in [-0.3, -0.25) is 5.10 Å². The molecule has 0 bridgehead atoms. The molecule has 1 aliphatic rings. The van der Waals surface area contributed by atoms with Gasteiger partial charge < -0.3 is 10.6 Å². The Morgan fingerprint density at radius 3 is 2.38 bits per heavy atom. The number of aromatic amines is 1. The second-order valence-corrected chi connectivity index (χ2v) is 7.85. The lowest BCUT2D eigenvalue weighted by Gasteiger charge is -2.33. The minimum Gasteiger partial charge on any atom is -0.382 e. The van der Waals surface area contributed by atoms with Crippen LogP contribution in [0.5, 0.6) is 0 Å². The number of hydrogen-bond donors (Lipinski definition) is 2. The Balaban J connectivity index is 1.40. The fraction of sp³-hybridized carbons (Fsp3) is 0.250. The van der Waals surface area contributed by atoms with Crippen LogP contribution in [0.2, 0.25) is 0 Å². The third kappa shape index (κ3) is 3.56. The molecule has 5 heteroatoms. The molecule has 29 heavy (non-hydrogen) atoms. The van der Waals surface area contributed by atoms with Gasteiger partial charge in [-0.15, -0.1) is 0 Å². The van der Waals surface area contributed by atoms with E-state index in [1.807, 2.05) is 18.2 Å². The number of aromatic nitrogens is 3. The van der Waals surface area contributed by atoms with Gasteiger partial charge in [0.15, 0.2) is 11.5 Å². The van der Waals surface area contributed by atoms with E-state index in [1.165, 1.54) is 18.4 Å². The number of anilines is 2. The Hall–Kier alpha value is -3.34. The maximum atomic E-state index is 6.14. The zero-order valence-electron chi connectivity index (χ0n) is 16.4. The maximum absolute atomic E-state index is 6.14. The van der Waals surface area contributed by atoms with Gasteiger partial charge >= 0.3 is 0 Å². The predicted octanol–water partition coefficient (Wildman–Crippen LogP) is 4.67. The Labute approximate surface area is 170 Å². The third-order valence-corrected chi connectivity index (χ3v) is 5.93. The lowest BCUT2D eigenvalue weighted by molar-refractivity contribution is 0.402. The highest BCUT2D eigenvalue weighted by molar-refractivity contribution is 6.01. The summed E-state index contributed by atoms with van der Waals surface area (Å²) >= 11 is 0. The van der Waals surface area contributed by atoms with Gasteiger partial charge in [-0.2, -0.15) is 5.10 Å². The number of H-pyrrole nitrogens is 1. The van der Waals surface area contributed by atoms with Crippen LogP contribution in [-0.2, 0) is 6.42 Å². The third-order valence-electron chi connectivity index (χ3n) is 5.93. The fourth-order valence-electron chi connectivity index (χ4n) is 4.36. The molecule has 0 saturated carbocycles. The Morgan fingerprint density at radius 2 is 1.66 bits per heavy atom. The smallest absolute Gasteiger partial charge is 0.160 e. The maximum Gasteiger partial charge on any atom is 0.160 e. The quantitative estimate of drug-likeness (QED) is 0.537. The molecule has 1 aliphatic heterocycles. The van der Waals surface area contributed by atoms with E-state index < -0.39 is 0 Å². The van der Waals surface area contributed by atoms with E-state index in [-0.39, 0.29) is 0 Å². The minimum atomic E-state index is 0.500. The number of nitrogens with one attached hydrogen (secondary N) is 1. The van der Waals surface area contributed by atoms with Crippen molar-refractivity contribution in [3.05, 3.63) is 72.3 Å². The molecule has 5 rings (SSSR count). The SMILES string of the molecule is Nc1n[nH]c2nc(N3CCC(Cc4ccccc4)CC3)cc(-c3ccccc3)c12. The summed E-state index contributed by atoms with van der Waals surface area (Å²) in [7, 11) is 0. The first-order chi connectivity index (χ1) is 14.3. The van der Waals surface area contributed by atoms with Crippen molar-refractivity contribution in [1.29, 1.82) is 0 Å². The van der Waals surface area contributed by atoms with Gasteiger partial charge in [0.2, 0.25) is 0 Å². The Bertz CT molecular complexity index is 1100. The van der Waals surface area contributed by atoms with Gasteiger partial charge in [0.1, 0.15) is 5.82 Å². The van der Waals surface area contributed by atoms with E-state index in [4.69, 9.17) is 10.7 Å². The highest BCUT2D eigenvalue weighted by Crippen LogP contribution is 2.34. The second-order valence-electron chi connectivity index (χ2n) is 7.85. The van der Waals surface area contributed by atoms with Gasteiger partial charge in [-0.25, -0.2) is 4.98 Å². The van der Waals surface area contributed by atoms with Crippen LogP contribution >= 0.6 is 0 Å². The Kier molecular flexibility index (Phi) is 4.64. The van der Waals surface area contributed by atoms with Crippen molar-refractivity contribution in [2.45, 2.75) is 19.3 Å². The van der Waals surface area contributed by atoms with Crippen molar-refractivity contribution in [2.75, 3.05) is 23.7 Å². The molecule has 0 aliphatic carbocycles. The van der Waals surface area contributed by atoms with Crippen molar-refractivity contribution in [3.8, 4) is 11.1 Å². The summed E-state index contributed by atoms with van der Waals surface area (Å²) in [5, 5.41) is 8.11. The number of rotatable bonds is 4. The van der Waals surface area contributed by atoms with Crippen molar-refractivity contribution >= 4 is 22.7 Å². The molecule has 1 saturated heterocycles. The number of nitrogen functional groups attached to an aromatic ring is 1. The monoisotopic (exact) mass is 383 g/mol. The number of benzene rings is 2. The zero-order valence-corrected chi connectivity index (χ0v) is 16.4. The highest BCUT2D eigenvalue weighted by Gasteiger charge is 2.22. The van der Waals surface area contributed by atoms with E-state index in [2.05, 4.69) is 63.6 Å². The van der Waals surface area contributed by atoms with Crippen molar-refractivity contribution < 1.29 is 0 Å². The molecule has 3 heterocycles. The van der Waals surface area contributed by atoms with Crippen LogP contribution in [0.1, 0.15) is 18.4 Å². The van der Waals surface area contributed by atoms with Crippen LogP contribution in [-0.4, -0.2) is 28.3 Å². The summed E-state index contributed by atoms with van der Waals surface area (Å²) < 4.78 is 0. The molecule has 3 N–H and O–H groups in total. The summed E-state index contributed by atoms with van der Waals surface area (Å²) in [4.78, 5) is 7.24. The molecular weight excluding hydrogens is 358 g/mol. The average Bonchev–Trinajstić information content (AvgIpc) is 3.16. The van der Waals surface area contributed by atoms with Crippen molar-refractivity contribution in [1.82, 2.24) is 15.2 Å². The number of nitrogens with two attached hydrogens (primary N) is 1. The molecule has 4 aromatic rings. The van der Waals surface area contributed by atoms with Gasteiger partial charge in [0.05, 0.1) is 5.39 Å². The van der Waals surface area contributed by atoms with Gasteiger partial charge in [0.25, 0.3) is 0 Å². The lowest BCUT2D eigenvalue weighted by atomic mass is 9.90. The number of fused-ring (bicyclic) bond motifs is 1. The summed E-state index contributed by atoms with van der Waals surface area (Å²) in [5.41, 5.74) is 10.5. The Morgan fingerprint density at radius 1 is 0.966 bits per heavy atom. The molecular formula is C24H25N5. The fourth-order valence-corrected chi connectivity index (χ4v) is 4.36. The molecule has 2 aromatic heterocycles. The number of piperidine rings is 1. The molecule has 0 amide bonds. The predicted molar refractivity (Wildman–Crippen MR) is 119 cm³/mol. The van der Waals surface area contributed by atoms with Gasteiger partial charge in [0, 0.05) is 18.7 Å². The molecule has 1 fully saturated rings. The number of hydrogen-bond acceptors (Lipinski definition) is 4. The summed E-state index contributed by atoms with van der Waals surface area (Å²) in [6.45, 7) is 2.04. The van der Waals surface area contributed by atoms with Crippen molar-refractivity contribution in [3.63, 3.8) is 0 Å². The van der Waals surface area contributed by atoms with Crippen molar-refractivity contribution in [2.24, 2.45) is 5.92 Å². The second kappa shape index (κ2) is 7.59. The van der Waals surface area contributed by atoms with E-state index >= 15 is 0 Å². The first kappa shape index (κ1) is 17.7. The van der Waals surface area contributed by atoms with Crippen LogP contribution < -0.4 is 10.6 Å². The molecule has 0 unspecified atom stereocenters. The van der Waals surface area contributed by atoms with E-state index in [1.54, 1.807) is 0 Å². The summed E-state index contributed by atoms with van der Waals surface area (Å²) in [5.74, 6) is 2.23. The van der Waals surface area contributed by atoms with Gasteiger partial charge in [-0.05, 0) is 42.4 Å². The molecule has 2 aromatic carbocycles. The van der Waals surface area contributed by atoms with E-state index in [0.29, 0.717) is 5.82 Å². The largest absolute Gasteiger partial charge is 0.382 e. The molecule has 0 atom stereocenters. The van der Waals surface area contributed by atoms with Crippen LogP contribution in [0, 0.1) is 5.92 Å². The van der Waals surface area contributed by atoms with Gasteiger partial charge in [-0.1, -0.05) is 60.7 Å². The van der Waals surface area contributed by atoms with E-state index in [9.17, 15) is 0 Å². The highest BCUT2D eigenvalue weighted by atomic mass is 15.2. The summed E-state index contributed by atoms with van der Waals surface area (Å²) in [6, 6.07) is 23.3. The zero-order chi connectivity index (χ0) is 19.6. The van der Waals surface area contributed by atoms with Crippen LogP contribution in [0.3, 0.4) is 0 Å². The molecule has 0 spiro atoms. The topological polar surface area (TPSA) is 70.8 Å². The first-order valence-corrected chi connectivity index (χ1v) is 10.3. The van der Waals surface area contributed by atoms with Crippen LogP contribution in [0.15, 0.2) is 66.7 Å². The lowest BCUT2D eigenvalue weighted by Crippen LogP contribution is -2.34. The summed E-state index contributed by atoms with van der Waals surface area (Å²) in [6.07, 6.45) is 3.52. The molecule has 5 nitrogen and oxygen atoms in total. The number of nitrogens with zero attached hydrogens (tertiary/aromatic N) is 3. The number of pyridine rings is 1. The van der Waals surface area contributed by atoms with Crippen LogP contribution in [0.4, 0.5) is 11.6 Å². The molecule has 0 radical (unpaired) electrons. The van der Waals surface area contributed by atoms with E-state index in [0.717, 1.165) is 53.4 Å². The molecule has 146 valence electrons. The normalized spacial score (nSPS) is 15.1. The minimum absolute atomic E-state index is 0.500. The average molecular weight is 383 g/mol. The standard InChI is InChI=1S/C24H25N5/c25-23-22-20(19-9-5-2-6-10-19)16-21(26-24(22)28-27-23)29-13-11-18(12-14-29)15-17-7-3-1-4-8-17/h1-10,16,18H,11-15H2,(H3,25,26,27,28). The first-order valence-electron chi connectivity index (χ1n) is 10.3. The van der Waals surface area contributed by atoms with Crippen LogP contribution in [0.25, 0.3) is 22.2 Å².